The molecule has 0 aliphatic carbocycles. The second-order valence-electron chi connectivity index (χ2n) is 5.77. The van der Waals surface area contributed by atoms with Crippen molar-refractivity contribution in [3.63, 3.8) is 0 Å². The molecule has 0 saturated heterocycles. The summed E-state index contributed by atoms with van der Waals surface area (Å²) in [6.45, 7) is 4.36. The molecule has 1 aromatic carbocycles. The average molecular weight is 329 g/mol. The van der Waals surface area contributed by atoms with Crippen molar-refractivity contribution >= 4 is 17.8 Å². The molecule has 8 nitrogen and oxygen atoms in total. The molecule has 2 aromatic rings. The Morgan fingerprint density at radius 2 is 2.08 bits per heavy atom. The number of benzene rings is 1. The summed E-state index contributed by atoms with van der Waals surface area (Å²) in [7, 11) is 1.54. The summed E-state index contributed by atoms with van der Waals surface area (Å²) in [5.74, 6) is 0.0965. The van der Waals surface area contributed by atoms with E-state index in [9.17, 15) is 9.59 Å². The largest absolute Gasteiger partial charge is 0.492 e. The first-order chi connectivity index (χ1) is 11.5. The lowest BCUT2D eigenvalue weighted by Gasteiger charge is -2.09. The highest BCUT2D eigenvalue weighted by Crippen LogP contribution is 2.36. The summed E-state index contributed by atoms with van der Waals surface area (Å²) in [4.78, 5) is 27.8. The molecule has 3 rings (SSSR count). The Hall–Kier alpha value is -2.90. The molecule has 0 spiro atoms. The Morgan fingerprint density at radius 3 is 2.83 bits per heavy atom. The molecule has 8 heteroatoms. The summed E-state index contributed by atoms with van der Waals surface area (Å²) in [6.07, 6.45) is 1.40. The molecule has 1 aliphatic heterocycles. The summed E-state index contributed by atoms with van der Waals surface area (Å²) in [5, 5.41) is 9.24. The summed E-state index contributed by atoms with van der Waals surface area (Å²) < 4.78 is 6.98. The van der Waals surface area contributed by atoms with Gasteiger partial charge in [0.15, 0.2) is 0 Å². The van der Waals surface area contributed by atoms with Gasteiger partial charge in [0.05, 0.1) is 0 Å². The van der Waals surface area contributed by atoms with Gasteiger partial charge in [-0.3, -0.25) is 14.9 Å². The first kappa shape index (κ1) is 16.0. The zero-order valence-corrected chi connectivity index (χ0v) is 13.8. The zero-order chi connectivity index (χ0) is 17.3. The van der Waals surface area contributed by atoms with Crippen LogP contribution in [-0.2, 0) is 16.1 Å². The molecule has 0 radical (unpaired) electrons. The van der Waals surface area contributed by atoms with Crippen LogP contribution in [0.2, 0.25) is 0 Å². The number of hydrogen-bond acceptors (Lipinski definition) is 5. The molecule has 1 aromatic heterocycles. The van der Waals surface area contributed by atoms with E-state index in [0.717, 1.165) is 22.4 Å². The smallest absolute Gasteiger partial charge is 0.248 e. The number of ether oxygens (including phenoxy) is 1. The molecule has 24 heavy (non-hydrogen) atoms. The standard InChI is InChI=1S/C16H19N5O3/c1-9-4-11-12(7-24-13(11)5-10(9)2)15(23)19-16-18-8-21(20-16)6-14(22)17-3/h4-5,8,12H,6-7H2,1-3H3,(H,17,22)(H,19,20,23)/t12-/m0/s1. The number of aromatic nitrogens is 3. The van der Waals surface area contributed by atoms with E-state index in [1.54, 1.807) is 7.05 Å². The third-order valence-corrected chi connectivity index (χ3v) is 4.08. The Kier molecular flexibility index (Phi) is 4.20. The molecule has 0 bridgehead atoms. The van der Waals surface area contributed by atoms with E-state index in [4.69, 9.17) is 4.74 Å². The molecule has 2 amide bonds. The SMILES string of the molecule is CNC(=O)Cn1cnc(NC(=O)[C@H]2COc3cc(C)c(C)cc32)n1. The highest BCUT2D eigenvalue weighted by molar-refractivity contribution is 5.95. The van der Waals surface area contributed by atoms with E-state index < -0.39 is 5.92 Å². The normalized spacial score (nSPS) is 15.5. The lowest BCUT2D eigenvalue weighted by atomic mass is 9.96. The maximum absolute atomic E-state index is 12.5. The van der Waals surface area contributed by atoms with Crippen molar-refractivity contribution in [1.82, 2.24) is 20.1 Å². The van der Waals surface area contributed by atoms with Crippen molar-refractivity contribution in [1.29, 1.82) is 0 Å². The molecule has 1 aliphatic rings. The molecule has 0 unspecified atom stereocenters. The van der Waals surface area contributed by atoms with Gasteiger partial charge in [-0.25, -0.2) is 9.67 Å². The number of rotatable bonds is 4. The fraction of sp³-hybridized carbons (Fsp3) is 0.375. The van der Waals surface area contributed by atoms with Gasteiger partial charge in [-0.15, -0.1) is 5.10 Å². The van der Waals surface area contributed by atoms with Gasteiger partial charge in [-0.05, 0) is 31.0 Å². The summed E-state index contributed by atoms with van der Waals surface area (Å²) in [6, 6.07) is 3.94. The van der Waals surface area contributed by atoms with Crippen molar-refractivity contribution < 1.29 is 14.3 Å². The van der Waals surface area contributed by atoms with E-state index in [1.807, 2.05) is 26.0 Å². The van der Waals surface area contributed by atoms with Crippen molar-refractivity contribution in [3.05, 3.63) is 35.2 Å². The van der Waals surface area contributed by atoms with Crippen LogP contribution in [0.15, 0.2) is 18.5 Å². The number of carbonyl (C=O) groups excluding carboxylic acids is 2. The number of hydrogen-bond donors (Lipinski definition) is 2. The molecule has 0 saturated carbocycles. The minimum atomic E-state index is -0.398. The lowest BCUT2D eigenvalue weighted by molar-refractivity contribution is -0.121. The van der Waals surface area contributed by atoms with Gasteiger partial charge in [-0.2, -0.15) is 0 Å². The van der Waals surface area contributed by atoms with Crippen LogP contribution >= 0.6 is 0 Å². The minimum Gasteiger partial charge on any atom is -0.492 e. The monoisotopic (exact) mass is 329 g/mol. The van der Waals surface area contributed by atoms with Gasteiger partial charge < -0.3 is 10.1 Å². The number of nitrogens with one attached hydrogen (secondary N) is 2. The fourth-order valence-corrected chi connectivity index (χ4v) is 2.54. The van der Waals surface area contributed by atoms with E-state index in [1.165, 1.54) is 11.0 Å². The van der Waals surface area contributed by atoms with E-state index in [0.29, 0.717) is 6.61 Å². The van der Waals surface area contributed by atoms with Gasteiger partial charge in [0.25, 0.3) is 0 Å². The fourth-order valence-electron chi connectivity index (χ4n) is 2.54. The number of fused-ring (bicyclic) bond motifs is 1. The topological polar surface area (TPSA) is 98.1 Å². The Labute approximate surface area is 139 Å². The number of aryl methyl sites for hydroxylation is 2. The Bertz CT molecular complexity index is 799. The van der Waals surface area contributed by atoms with Crippen LogP contribution in [-0.4, -0.2) is 40.2 Å². The van der Waals surface area contributed by atoms with Crippen molar-refractivity contribution in [2.75, 3.05) is 19.0 Å². The molecule has 1 atom stereocenters. The van der Waals surface area contributed by atoms with Crippen molar-refractivity contribution in [2.24, 2.45) is 0 Å². The van der Waals surface area contributed by atoms with E-state index in [-0.39, 0.29) is 24.3 Å². The summed E-state index contributed by atoms with van der Waals surface area (Å²) >= 11 is 0. The molecule has 2 N–H and O–H groups in total. The third kappa shape index (κ3) is 3.08. The van der Waals surface area contributed by atoms with Crippen molar-refractivity contribution in [2.45, 2.75) is 26.3 Å². The van der Waals surface area contributed by atoms with Crippen molar-refractivity contribution in [3.8, 4) is 5.75 Å². The van der Waals surface area contributed by atoms with Crippen LogP contribution < -0.4 is 15.4 Å². The van der Waals surface area contributed by atoms with Gasteiger partial charge in [0.1, 0.15) is 31.1 Å². The van der Waals surface area contributed by atoms with Crippen LogP contribution in [0.5, 0.6) is 5.75 Å². The molecule has 2 heterocycles. The zero-order valence-electron chi connectivity index (χ0n) is 13.8. The van der Waals surface area contributed by atoms with Crippen LogP contribution in [0.25, 0.3) is 0 Å². The number of carbonyl (C=O) groups is 2. The van der Waals surface area contributed by atoms with Crippen LogP contribution in [0.1, 0.15) is 22.6 Å². The quantitative estimate of drug-likeness (QED) is 0.863. The van der Waals surface area contributed by atoms with Crippen LogP contribution in [0.3, 0.4) is 0 Å². The van der Waals surface area contributed by atoms with E-state index in [2.05, 4.69) is 20.7 Å². The number of likely N-dealkylation sites (N-methyl/N-ethyl adjacent to an activating group) is 1. The second-order valence-corrected chi connectivity index (χ2v) is 5.77. The Balaban J connectivity index is 1.71. The van der Waals surface area contributed by atoms with Gasteiger partial charge in [-0.1, -0.05) is 6.07 Å². The molecular formula is C16H19N5O3. The second kappa shape index (κ2) is 6.31. The van der Waals surface area contributed by atoms with Gasteiger partial charge >= 0.3 is 0 Å². The first-order valence-corrected chi connectivity index (χ1v) is 7.62. The highest BCUT2D eigenvalue weighted by Gasteiger charge is 2.31. The number of anilines is 1. The Morgan fingerprint density at radius 1 is 1.33 bits per heavy atom. The molecule has 126 valence electrons. The lowest BCUT2D eigenvalue weighted by Crippen LogP contribution is -2.24. The van der Waals surface area contributed by atoms with Crippen LogP contribution in [0, 0.1) is 13.8 Å². The maximum atomic E-state index is 12.5. The predicted octanol–water partition coefficient (Wildman–Crippen LogP) is 0.756. The molecule has 0 fully saturated rings. The third-order valence-electron chi connectivity index (χ3n) is 4.08. The maximum Gasteiger partial charge on any atom is 0.248 e. The molecular weight excluding hydrogens is 310 g/mol. The average Bonchev–Trinajstić information content (AvgIpc) is 3.14. The summed E-state index contributed by atoms with van der Waals surface area (Å²) in [5.41, 5.74) is 3.12. The predicted molar refractivity (Wildman–Crippen MR) is 86.9 cm³/mol. The minimum absolute atomic E-state index is 0.0488. The van der Waals surface area contributed by atoms with Gasteiger partial charge in [0, 0.05) is 12.6 Å². The highest BCUT2D eigenvalue weighted by atomic mass is 16.5. The number of amides is 2. The number of nitrogens with zero attached hydrogens (tertiary/aromatic N) is 3. The van der Waals surface area contributed by atoms with E-state index >= 15 is 0 Å². The first-order valence-electron chi connectivity index (χ1n) is 7.62. The van der Waals surface area contributed by atoms with Crippen LogP contribution in [0.4, 0.5) is 5.95 Å². The van der Waals surface area contributed by atoms with Gasteiger partial charge in [0.2, 0.25) is 17.8 Å².